The SMILES string of the molecule is CC(C)(C)C(=O)c1cnn(OCc2ccccc2)c1. The fourth-order valence-corrected chi connectivity index (χ4v) is 1.64. The zero-order valence-corrected chi connectivity index (χ0v) is 11.5. The highest BCUT2D eigenvalue weighted by Gasteiger charge is 2.24. The molecule has 0 aliphatic rings. The summed E-state index contributed by atoms with van der Waals surface area (Å²) in [7, 11) is 0. The van der Waals surface area contributed by atoms with Gasteiger partial charge in [0.15, 0.2) is 5.78 Å². The van der Waals surface area contributed by atoms with Crippen LogP contribution in [0, 0.1) is 5.41 Å². The van der Waals surface area contributed by atoms with Gasteiger partial charge in [0.1, 0.15) is 6.61 Å². The van der Waals surface area contributed by atoms with Crippen LogP contribution in [0.1, 0.15) is 36.7 Å². The van der Waals surface area contributed by atoms with Gasteiger partial charge in [-0.25, -0.2) is 0 Å². The summed E-state index contributed by atoms with van der Waals surface area (Å²) in [5.74, 6) is 0.0575. The molecule has 0 spiro atoms. The number of aromatic nitrogens is 2. The molecular weight excluding hydrogens is 240 g/mol. The van der Waals surface area contributed by atoms with Gasteiger partial charge in [0.2, 0.25) is 0 Å². The molecule has 0 atom stereocenters. The van der Waals surface area contributed by atoms with Crippen molar-refractivity contribution in [2.75, 3.05) is 0 Å². The van der Waals surface area contributed by atoms with E-state index in [0.717, 1.165) is 5.56 Å². The maximum Gasteiger partial charge on any atom is 0.171 e. The van der Waals surface area contributed by atoms with Crippen LogP contribution in [-0.2, 0) is 6.61 Å². The Bertz CT molecular complexity index is 553. The van der Waals surface area contributed by atoms with Crippen LogP contribution in [0.5, 0.6) is 0 Å². The van der Waals surface area contributed by atoms with E-state index in [1.54, 1.807) is 12.4 Å². The molecule has 0 aliphatic carbocycles. The molecule has 4 nitrogen and oxygen atoms in total. The van der Waals surface area contributed by atoms with E-state index in [1.807, 2.05) is 51.1 Å². The average Bonchev–Trinajstić information content (AvgIpc) is 2.84. The molecule has 0 saturated heterocycles. The zero-order chi connectivity index (χ0) is 13.9. The zero-order valence-electron chi connectivity index (χ0n) is 11.5. The average molecular weight is 258 g/mol. The third kappa shape index (κ3) is 3.44. The van der Waals surface area contributed by atoms with Crippen LogP contribution in [-0.4, -0.2) is 15.7 Å². The topological polar surface area (TPSA) is 44.1 Å². The van der Waals surface area contributed by atoms with Crippen molar-refractivity contribution in [2.24, 2.45) is 5.41 Å². The van der Waals surface area contributed by atoms with E-state index in [4.69, 9.17) is 4.84 Å². The molecule has 19 heavy (non-hydrogen) atoms. The third-order valence-corrected chi connectivity index (χ3v) is 2.71. The van der Waals surface area contributed by atoms with E-state index >= 15 is 0 Å². The maximum atomic E-state index is 12.0. The Morgan fingerprint density at radius 1 is 1.26 bits per heavy atom. The molecule has 4 heteroatoms. The molecule has 2 rings (SSSR count). The number of carbonyl (C=O) groups is 1. The summed E-state index contributed by atoms with van der Waals surface area (Å²) in [6.07, 6.45) is 3.16. The predicted molar refractivity (Wildman–Crippen MR) is 72.7 cm³/mol. The Morgan fingerprint density at radius 3 is 2.58 bits per heavy atom. The maximum absolute atomic E-state index is 12.0. The van der Waals surface area contributed by atoms with Crippen molar-refractivity contribution in [2.45, 2.75) is 27.4 Å². The molecule has 0 unspecified atom stereocenters. The lowest BCUT2D eigenvalue weighted by Crippen LogP contribution is -2.19. The summed E-state index contributed by atoms with van der Waals surface area (Å²) in [5.41, 5.74) is 1.22. The second-order valence-corrected chi connectivity index (χ2v) is 5.47. The van der Waals surface area contributed by atoms with E-state index in [0.29, 0.717) is 12.2 Å². The van der Waals surface area contributed by atoms with Crippen LogP contribution in [0.4, 0.5) is 0 Å². The van der Waals surface area contributed by atoms with Crippen molar-refractivity contribution in [3.8, 4) is 0 Å². The quantitative estimate of drug-likeness (QED) is 0.792. The van der Waals surface area contributed by atoms with Gasteiger partial charge in [-0.15, -0.1) is 9.94 Å². The van der Waals surface area contributed by atoms with E-state index in [1.165, 1.54) is 4.85 Å². The van der Waals surface area contributed by atoms with Gasteiger partial charge in [0, 0.05) is 5.41 Å². The highest BCUT2D eigenvalue weighted by atomic mass is 16.7. The smallest absolute Gasteiger partial charge is 0.171 e. The summed E-state index contributed by atoms with van der Waals surface area (Å²) in [4.78, 5) is 18.9. The van der Waals surface area contributed by atoms with Crippen molar-refractivity contribution in [1.29, 1.82) is 0 Å². The highest BCUT2D eigenvalue weighted by Crippen LogP contribution is 2.19. The third-order valence-electron chi connectivity index (χ3n) is 2.71. The molecule has 1 aromatic heterocycles. The van der Waals surface area contributed by atoms with Crippen molar-refractivity contribution in [3.05, 3.63) is 53.9 Å². The summed E-state index contributed by atoms with van der Waals surface area (Å²) in [6.45, 7) is 6.08. The molecule has 0 N–H and O–H groups in total. The Morgan fingerprint density at radius 2 is 1.95 bits per heavy atom. The first-order chi connectivity index (χ1) is 8.97. The number of Topliss-reactive ketones (excluding diaryl/α,β-unsaturated/α-hetero) is 1. The van der Waals surface area contributed by atoms with Gasteiger partial charge >= 0.3 is 0 Å². The predicted octanol–water partition coefficient (Wildman–Crippen LogP) is 2.74. The van der Waals surface area contributed by atoms with Gasteiger partial charge in [0.05, 0.1) is 18.0 Å². The lowest BCUT2D eigenvalue weighted by atomic mass is 9.88. The second kappa shape index (κ2) is 5.26. The van der Waals surface area contributed by atoms with Gasteiger partial charge < -0.3 is 4.84 Å². The summed E-state index contributed by atoms with van der Waals surface area (Å²) < 4.78 is 0. The number of benzene rings is 1. The molecule has 0 aliphatic heterocycles. The second-order valence-electron chi connectivity index (χ2n) is 5.47. The van der Waals surface area contributed by atoms with Crippen molar-refractivity contribution < 1.29 is 9.63 Å². The molecule has 100 valence electrons. The molecule has 0 bridgehead atoms. The van der Waals surface area contributed by atoms with E-state index in [9.17, 15) is 4.79 Å². The molecule has 2 aromatic rings. The van der Waals surface area contributed by atoms with Gasteiger partial charge in [-0.3, -0.25) is 4.79 Å². The minimum atomic E-state index is -0.409. The Hall–Kier alpha value is -2.10. The monoisotopic (exact) mass is 258 g/mol. The molecule has 0 radical (unpaired) electrons. The number of rotatable bonds is 4. The molecule has 1 aromatic carbocycles. The van der Waals surface area contributed by atoms with Crippen LogP contribution in [0.3, 0.4) is 0 Å². The minimum absolute atomic E-state index is 0.0575. The number of hydrogen-bond donors (Lipinski definition) is 0. The van der Waals surface area contributed by atoms with Gasteiger partial charge in [0.25, 0.3) is 0 Å². The highest BCUT2D eigenvalue weighted by molar-refractivity contribution is 5.99. The largest absolute Gasteiger partial charge is 0.392 e. The lowest BCUT2D eigenvalue weighted by Gasteiger charge is -2.14. The van der Waals surface area contributed by atoms with Gasteiger partial charge in [-0.1, -0.05) is 51.1 Å². The first-order valence-corrected chi connectivity index (χ1v) is 6.23. The molecule has 0 fully saturated rings. The summed E-state index contributed by atoms with van der Waals surface area (Å²) in [6, 6.07) is 9.82. The first-order valence-electron chi connectivity index (χ1n) is 6.23. The van der Waals surface area contributed by atoms with Crippen LogP contribution in [0.15, 0.2) is 42.7 Å². The van der Waals surface area contributed by atoms with Crippen LogP contribution in [0.2, 0.25) is 0 Å². The fourth-order valence-electron chi connectivity index (χ4n) is 1.64. The lowest BCUT2D eigenvalue weighted by molar-refractivity contribution is 0.0692. The van der Waals surface area contributed by atoms with Gasteiger partial charge in [-0.2, -0.15) is 0 Å². The fraction of sp³-hybridized carbons (Fsp3) is 0.333. The number of ketones is 1. The van der Waals surface area contributed by atoms with Crippen molar-refractivity contribution >= 4 is 5.78 Å². The Labute approximate surface area is 113 Å². The Balaban J connectivity index is 2.00. The number of nitrogens with zero attached hydrogens (tertiary/aromatic N) is 2. The minimum Gasteiger partial charge on any atom is -0.392 e. The standard InChI is InChI=1S/C15H18N2O2/c1-15(2,3)14(18)13-9-16-17(10-13)19-11-12-7-5-4-6-8-12/h4-10H,11H2,1-3H3. The van der Waals surface area contributed by atoms with E-state index in [-0.39, 0.29) is 5.78 Å². The summed E-state index contributed by atoms with van der Waals surface area (Å²) in [5, 5.41) is 4.04. The van der Waals surface area contributed by atoms with Crippen molar-refractivity contribution in [3.63, 3.8) is 0 Å². The Kier molecular flexibility index (Phi) is 3.69. The van der Waals surface area contributed by atoms with Crippen molar-refractivity contribution in [1.82, 2.24) is 9.94 Å². The van der Waals surface area contributed by atoms with Crippen LogP contribution < -0.4 is 4.84 Å². The molecular formula is C15H18N2O2. The summed E-state index contributed by atoms with van der Waals surface area (Å²) >= 11 is 0. The normalized spacial score (nSPS) is 11.3. The van der Waals surface area contributed by atoms with Crippen LogP contribution in [0.25, 0.3) is 0 Å². The van der Waals surface area contributed by atoms with Gasteiger partial charge in [-0.05, 0) is 5.56 Å². The number of hydrogen-bond acceptors (Lipinski definition) is 3. The van der Waals surface area contributed by atoms with E-state index in [2.05, 4.69) is 5.10 Å². The molecule has 1 heterocycles. The van der Waals surface area contributed by atoms with Crippen LogP contribution >= 0.6 is 0 Å². The molecule has 0 amide bonds. The first kappa shape index (κ1) is 13.3. The molecule has 0 saturated carbocycles. The number of carbonyl (C=O) groups excluding carboxylic acids is 1. The van der Waals surface area contributed by atoms with E-state index < -0.39 is 5.41 Å².